The summed E-state index contributed by atoms with van der Waals surface area (Å²) in [5.41, 5.74) is 0.994. The van der Waals surface area contributed by atoms with E-state index in [9.17, 15) is 4.79 Å². The van der Waals surface area contributed by atoms with Gasteiger partial charge in [-0.25, -0.2) is 4.79 Å². The van der Waals surface area contributed by atoms with Gasteiger partial charge >= 0.3 is 5.97 Å². The van der Waals surface area contributed by atoms with Crippen molar-refractivity contribution in [2.75, 3.05) is 7.11 Å². The second-order valence-electron chi connectivity index (χ2n) is 2.85. The van der Waals surface area contributed by atoms with Gasteiger partial charge in [0, 0.05) is 0 Å². The lowest BCUT2D eigenvalue weighted by atomic mass is 10.3. The molecule has 0 radical (unpaired) electrons. The molecular formula is C10H9N3O2. The van der Waals surface area contributed by atoms with Crippen molar-refractivity contribution < 1.29 is 9.53 Å². The molecule has 0 saturated carbocycles. The lowest BCUT2D eigenvalue weighted by Gasteiger charge is -1.96. The largest absolute Gasteiger partial charge is 0.464 e. The summed E-state index contributed by atoms with van der Waals surface area (Å²) >= 11 is 0. The number of para-hydroxylation sites is 1. The molecule has 1 heterocycles. The van der Waals surface area contributed by atoms with Crippen LogP contribution in [0, 0.1) is 0 Å². The lowest BCUT2D eigenvalue weighted by Crippen LogP contribution is -2.04. The summed E-state index contributed by atoms with van der Waals surface area (Å²) in [5, 5.41) is 7.94. The molecule has 5 nitrogen and oxygen atoms in total. The van der Waals surface area contributed by atoms with Gasteiger partial charge in [-0.15, -0.1) is 5.10 Å². The van der Waals surface area contributed by atoms with Crippen molar-refractivity contribution in [2.45, 2.75) is 0 Å². The van der Waals surface area contributed by atoms with Crippen molar-refractivity contribution in [1.29, 1.82) is 0 Å². The van der Waals surface area contributed by atoms with E-state index >= 15 is 0 Å². The van der Waals surface area contributed by atoms with E-state index in [-0.39, 0.29) is 5.69 Å². The highest BCUT2D eigenvalue weighted by molar-refractivity contribution is 5.86. The number of carbonyl (C=O) groups excluding carboxylic acids is 1. The van der Waals surface area contributed by atoms with Crippen LogP contribution in [-0.2, 0) is 4.74 Å². The molecule has 0 aliphatic heterocycles. The fraction of sp³-hybridized carbons (Fsp3) is 0.100. The molecule has 5 heteroatoms. The van der Waals surface area contributed by atoms with Crippen LogP contribution >= 0.6 is 0 Å². The van der Waals surface area contributed by atoms with Crippen molar-refractivity contribution in [3.8, 4) is 5.69 Å². The maximum absolute atomic E-state index is 11.1. The van der Waals surface area contributed by atoms with Crippen LogP contribution in [0.15, 0.2) is 36.5 Å². The molecule has 2 rings (SSSR count). The van der Waals surface area contributed by atoms with Crippen LogP contribution in [0.5, 0.6) is 0 Å². The van der Waals surface area contributed by atoms with E-state index in [1.54, 1.807) is 0 Å². The summed E-state index contributed by atoms with van der Waals surface area (Å²) in [4.78, 5) is 12.5. The molecule has 0 fully saturated rings. The van der Waals surface area contributed by atoms with E-state index in [2.05, 4.69) is 14.9 Å². The van der Waals surface area contributed by atoms with Crippen LogP contribution < -0.4 is 0 Å². The Morgan fingerprint density at radius 2 is 2.07 bits per heavy atom. The summed E-state index contributed by atoms with van der Waals surface area (Å²) in [7, 11) is 1.31. The maximum atomic E-state index is 11.1. The van der Waals surface area contributed by atoms with Crippen molar-refractivity contribution in [1.82, 2.24) is 15.0 Å². The van der Waals surface area contributed by atoms with Crippen LogP contribution in [0.2, 0.25) is 0 Å². The van der Waals surface area contributed by atoms with E-state index < -0.39 is 5.97 Å². The van der Waals surface area contributed by atoms with Gasteiger partial charge in [0.05, 0.1) is 19.0 Å². The summed E-state index contributed by atoms with van der Waals surface area (Å²) < 4.78 is 4.53. The first-order valence-corrected chi connectivity index (χ1v) is 4.37. The molecule has 2 aromatic rings. The Kier molecular flexibility index (Phi) is 2.45. The molecular weight excluding hydrogens is 194 g/mol. The Balaban J connectivity index is 2.32. The Morgan fingerprint density at radius 1 is 1.33 bits per heavy atom. The van der Waals surface area contributed by atoms with Crippen molar-refractivity contribution in [3.63, 3.8) is 0 Å². The predicted molar refractivity (Wildman–Crippen MR) is 52.7 cm³/mol. The van der Waals surface area contributed by atoms with Crippen LogP contribution in [0.3, 0.4) is 0 Å². The van der Waals surface area contributed by atoms with E-state index in [4.69, 9.17) is 0 Å². The second-order valence-corrected chi connectivity index (χ2v) is 2.85. The van der Waals surface area contributed by atoms with Gasteiger partial charge in [0.15, 0.2) is 5.69 Å². The van der Waals surface area contributed by atoms with Gasteiger partial charge in [-0.1, -0.05) is 18.2 Å². The monoisotopic (exact) mass is 203 g/mol. The number of aromatic nitrogens is 3. The first-order chi connectivity index (χ1) is 7.31. The number of hydrogen-bond donors (Lipinski definition) is 0. The molecule has 0 bridgehead atoms. The Hall–Kier alpha value is -2.17. The van der Waals surface area contributed by atoms with Gasteiger partial charge < -0.3 is 4.74 Å². The third-order valence-corrected chi connectivity index (χ3v) is 1.87. The molecule has 0 aliphatic rings. The van der Waals surface area contributed by atoms with Crippen LogP contribution in [0.1, 0.15) is 10.5 Å². The molecule has 0 atom stereocenters. The number of nitrogens with zero attached hydrogens (tertiary/aromatic N) is 3. The molecule has 76 valence electrons. The highest BCUT2D eigenvalue weighted by Gasteiger charge is 2.10. The SMILES string of the molecule is COC(=O)c1cnn(-c2ccccc2)n1. The smallest absolute Gasteiger partial charge is 0.360 e. The molecule has 0 N–H and O–H groups in total. The van der Waals surface area contributed by atoms with E-state index in [0.29, 0.717) is 0 Å². The molecule has 0 amide bonds. The second kappa shape index (κ2) is 3.91. The number of benzene rings is 1. The Labute approximate surface area is 86.3 Å². The highest BCUT2D eigenvalue weighted by Crippen LogP contribution is 2.04. The Bertz CT molecular complexity index is 465. The molecule has 0 aliphatic carbocycles. The van der Waals surface area contributed by atoms with Gasteiger partial charge in [0.2, 0.25) is 0 Å². The molecule has 0 spiro atoms. The minimum Gasteiger partial charge on any atom is -0.464 e. The third kappa shape index (κ3) is 1.85. The highest BCUT2D eigenvalue weighted by atomic mass is 16.5. The third-order valence-electron chi connectivity index (χ3n) is 1.87. The maximum Gasteiger partial charge on any atom is 0.360 e. The zero-order valence-corrected chi connectivity index (χ0v) is 8.12. The fourth-order valence-electron chi connectivity index (χ4n) is 1.15. The summed E-state index contributed by atoms with van der Waals surface area (Å²) in [6.45, 7) is 0. The normalized spacial score (nSPS) is 9.93. The van der Waals surface area contributed by atoms with Crippen molar-refractivity contribution in [3.05, 3.63) is 42.2 Å². The van der Waals surface area contributed by atoms with E-state index in [1.807, 2.05) is 30.3 Å². The van der Waals surface area contributed by atoms with Crippen LogP contribution in [0.25, 0.3) is 5.69 Å². The fourth-order valence-corrected chi connectivity index (χ4v) is 1.15. The van der Waals surface area contributed by atoms with Gasteiger partial charge in [-0.05, 0) is 12.1 Å². The van der Waals surface area contributed by atoms with Gasteiger partial charge in [-0.3, -0.25) is 0 Å². The minimum absolute atomic E-state index is 0.196. The van der Waals surface area contributed by atoms with Gasteiger partial charge in [0.1, 0.15) is 0 Å². The quantitative estimate of drug-likeness (QED) is 0.684. The first-order valence-electron chi connectivity index (χ1n) is 4.37. The van der Waals surface area contributed by atoms with Crippen molar-refractivity contribution >= 4 is 5.97 Å². The minimum atomic E-state index is -0.489. The molecule has 0 saturated heterocycles. The summed E-state index contributed by atoms with van der Waals surface area (Å²) in [5.74, 6) is -0.489. The van der Waals surface area contributed by atoms with Gasteiger partial charge in [0.25, 0.3) is 0 Å². The number of methoxy groups -OCH3 is 1. The van der Waals surface area contributed by atoms with Crippen molar-refractivity contribution in [2.24, 2.45) is 0 Å². The molecule has 1 aromatic heterocycles. The lowest BCUT2D eigenvalue weighted by molar-refractivity contribution is 0.0593. The average Bonchev–Trinajstić information content (AvgIpc) is 2.78. The van der Waals surface area contributed by atoms with Crippen LogP contribution in [-0.4, -0.2) is 28.1 Å². The van der Waals surface area contributed by atoms with Gasteiger partial charge in [-0.2, -0.15) is 9.90 Å². The average molecular weight is 203 g/mol. The predicted octanol–water partition coefficient (Wildman–Crippen LogP) is 1.05. The summed E-state index contributed by atoms with van der Waals surface area (Å²) in [6.07, 6.45) is 1.37. The summed E-state index contributed by atoms with van der Waals surface area (Å²) in [6, 6.07) is 9.34. The number of esters is 1. The Morgan fingerprint density at radius 3 is 2.73 bits per heavy atom. The number of ether oxygens (including phenoxy) is 1. The first kappa shape index (κ1) is 9.39. The zero-order chi connectivity index (χ0) is 10.7. The molecule has 1 aromatic carbocycles. The van der Waals surface area contributed by atoms with E-state index in [0.717, 1.165) is 5.69 Å². The topological polar surface area (TPSA) is 57.0 Å². The molecule has 15 heavy (non-hydrogen) atoms. The number of rotatable bonds is 2. The van der Waals surface area contributed by atoms with E-state index in [1.165, 1.54) is 18.1 Å². The number of carbonyl (C=O) groups is 1. The van der Waals surface area contributed by atoms with Crippen LogP contribution in [0.4, 0.5) is 0 Å². The molecule has 0 unspecified atom stereocenters. The standard InChI is InChI=1S/C10H9N3O2/c1-15-10(14)9-7-11-13(12-9)8-5-3-2-4-6-8/h2-7H,1H3. The number of hydrogen-bond acceptors (Lipinski definition) is 4. The zero-order valence-electron chi connectivity index (χ0n) is 8.12.